The van der Waals surface area contributed by atoms with Gasteiger partial charge in [-0.3, -0.25) is 9.59 Å². The van der Waals surface area contributed by atoms with Crippen LogP contribution in [0.1, 0.15) is 61.0 Å². The van der Waals surface area contributed by atoms with E-state index in [9.17, 15) is 14.0 Å². The van der Waals surface area contributed by atoms with Gasteiger partial charge in [0, 0.05) is 42.9 Å². The number of halogens is 4. The van der Waals surface area contributed by atoms with Crippen molar-refractivity contribution in [2.75, 3.05) is 13.1 Å². The summed E-state index contributed by atoms with van der Waals surface area (Å²) in [6.07, 6.45) is 0.327. The number of rotatable bonds is 3. The van der Waals surface area contributed by atoms with Gasteiger partial charge in [-0.25, -0.2) is 22.5 Å². The third kappa shape index (κ3) is 5.57. The Morgan fingerprint density at radius 1 is 1.13 bits per heavy atom. The molecule has 2 amide bonds. The number of piperidine rings is 1. The highest BCUT2D eigenvalue weighted by atomic mass is 19.3. The Kier molecular flexibility index (Phi) is 7.37. The standard InChI is InChI=1S/C33H36F4N6O2/c1-17-18-5-6-20-12-29(43(27(20)11-18)16-33(36,37)8-3-4-19-10-21(19)31(44)39-17)30-40-25-13-22(24(35)14-28(25)42(30)2)32(45)41-26-15-38-9-7-23(26)34/h5-6,11-14,17,19,21,23,26,38H,3-4,7-10,15-16H2,1-2H3,(H,39,44)(H,41,45)/t17-,19-,21-,23+,26+/m1/s1. The van der Waals surface area contributed by atoms with E-state index >= 15 is 13.2 Å². The number of nitrogens with zero attached hydrogens (tertiary/aromatic N) is 3. The van der Waals surface area contributed by atoms with Crippen LogP contribution in [0.3, 0.4) is 0 Å². The van der Waals surface area contributed by atoms with E-state index in [1.807, 2.05) is 25.1 Å². The van der Waals surface area contributed by atoms with Crippen molar-refractivity contribution in [3.05, 3.63) is 53.3 Å². The number of imidazole rings is 1. The number of carbonyl (C=O) groups excluding carboxylic acids is 2. The van der Waals surface area contributed by atoms with Gasteiger partial charge >= 0.3 is 0 Å². The second kappa shape index (κ2) is 11.1. The highest BCUT2D eigenvalue weighted by Gasteiger charge is 2.43. The molecule has 0 radical (unpaired) electrons. The molecule has 45 heavy (non-hydrogen) atoms. The first kappa shape index (κ1) is 29.8. The molecule has 3 aliphatic rings. The molecule has 238 valence electrons. The molecule has 8 nitrogen and oxygen atoms in total. The fraction of sp³-hybridized carbons (Fsp3) is 0.485. The number of fused-ring (bicyclic) bond motifs is 3. The Bertz CT molecular complexity index is 1820. The van der Waals surface area contributed by atoms with E-state index in [-0.39, 0.29) is 48.7 Å². The fourth-order valence-electron chi connectivity index (χ4n) is 6.95. The average molecular weight is 625 g/mol. The van der Waals surface area contributed by atoms with Crippen LogP contribution in [-0.2, 0) is 18.4 Å². The Labute approximate surface area is 257 Å². The van der Waals surface area contributed by atoms with Crippen molar-refractivity contribution < 1.29 is 27.2 Å². The number of aromatic nitrogens is 3. The quantitative estimate of drug-likeness (QED) is 0.267. The Morgan fingerprint density at radius 3 is 2.76 bits per heavy atom. The summed E-state index contributed by atoms with van der Waals surface area (Å²) in [4.78, 5) is 30.5. The molecule has 2 bridgehead atoms. The second-order valence-electron chi connectivity index (χ2n) is 12.9. The molecular weight excluding hydrogens is 588 g/mol. The fourth-order valence-corrected chi connectivity index (χ4v) is 6.95. The number of alkyl halides is 3. The molecule has 2 aromatic carbocycles. The zero-order valence-corrected chi connectivity index (χ0v) is 25.2. The molecule has 4 aromatic rings. The van der Waals surface area contributed by atoms with Crippen LogP contribution in [0.4, 0.5) is 17.6 Å². The molecule has 4 heterocycles. The maximum absolute atomic E-state index is 15.6. The maximum atomic E-state index is 15.6. The van der Waals surface area contributed by atoms with Crippen molar-refractivity contribution in [3.8, 4) is 11.5 Å². The van der Waals surface area contributed by atoms with Crippen molar-refractivity contribution >= 4 is 33.8 Å². The van der Waals surface area contributed by atoms with Crippen LogP contribution in [0.25, 0.3) is 33.5 Å². The van der Waals surface area contributed by atoms with Gasteiger partial charge in [-0.1, -0.05) is 12.1 Å². The first-order valence-electron chi connectivity index (χ1n) is 15.6. The Hall–Kier alpha value is -3.93. The van der Waals surface area contributed by atoms with E-state index < -0.39 is 36.4 Å². The highest BCUT2D eigenvalue weighted by molar-refractivity contribution is 5.98. The molecule has 5 atom stereocenters. The second-order valence-corrected chi connectivity index (χ2v) is 12.9. The van der Waals surface area contributed by atoms with Gasteiger partial charge < -0.3 is 25.1 Å². The summed E-state index contributed by atoms with van der Waals surface area (Å²) in [5.41, 5.74) is 2.21. The topological polar surface area (TPSA) is 93.0 Å². The summed E-state index contributed by atoms with van der Waals surface area (Å²) >= 11 is 0. The summed E-state index contributed by atoms with van der Waals surface area (Å²) in [7, 11) is 1.67. The summed E-state index contributed by atoms with van der Waals surface area (Å²) in [5, 5.41) is 9.42. The molecule has 1 saturated carbocycles. The number of aryl methyl sites for hydroxylation is 1. The number of nitrogens with one attached hydrogen (secondary N) is 3. The van der Waals surface area contributed by atoms with Crippen molar-refractivity contribution in [2.24, 2.45) is 18.9 Å². The molecule has 7 rings (SSSR count). The van der Waals surface area contributed by atoms with Crippen LogP contribution in [-0.4, -0.2) is 57.2 Å². The lowest BCUT2D eigenvalue weighted by Gasteiger charge is -2.27. The number of carbonyl (C=O) groups is 2. The van der Waals surface area contributed by atoms with Gasteiger partial charge in [0.1, 0.15) is 12.0 Å². The normalized spacial score (nSPS) is 26.8. The minimum atomic E-state index is -3.02. The van der Waals surface area contributed by atoms with E-state index in [0.29, 0.717) is 47.5 Å². The smallest absolute Gasteiger partial charge is 0.265 e. The number of hydrogen-bond acceptors (Lipinski definition) is 4. The predicted molar refractivity (Wildman–Crippen MR) is 162 cm³/mol. The molecule has 12 heteroatoms. The van der Waals surface area contributed by atoms with Crippen molar-refractivity contribution in [1.29, 1.82) is 0 Å². The van der Waals surface area contributed by atoms with Crippen LogP contribution < -0.4 is 16.0 Å². The van der Waals surface area contributed by atoms with Crippen LogP contribution in [0.5, 0.6) is 0 Å². The molecule has 1 aliphatic carbocycles. The van der Waals surface area contributed by atoms with Gasteiger partial charge in [0.05, 0.1) is 40.9 Å². The summed E-state index contributed by atoms with van der Waals surface area (Å²) in [6.45, 7) is 2.06. The SMILES string of the molecule is C[C@H]1NC(=O)[C@@H]2C[C@H]2CCCC(F)(F)Cn2c(-c3nc4cc(C(=O)N[C@H]5CNCC[C@@H]5F)c(F)cc4n3C)cc3ccc1cc32. The van der Waals surface area contributed by atoms with E-state index in [1.54, 1.807) is 22.2 Å². The van der Waals surface area contributed by atoms with Gasteiger partial charge in [0.25, 0.3) is 11.8 Å². The van der Waals surface area contributed by atoms with Gasteiger partial charge in [-0.2, -0.15) is 0 Å². The lowest BCUT2D eigenvalue weighted by Crippen LogP contribution is -2.52. The third-order valence-corrected chi connectivity index (χ3v) is 9.71. The van der Waals surface area contributed by atoms with E-state index in [4.69, 9.17) is 4.98 Å². The zero-order chi connectivity index (χ0) is 31.6. The van der Waals surface area contributed by atoms with E-state index in [0.717, 1.165) is 17.4 Å². The first-order valence-corrected chi connectivity index (χ1v) is 15.6. The minimum absolute atomic E-state index is 0.0348. The van der Waals surface area contributed by atoms with Crippen molar-refractivity contribution in [2.45, 2.75) is 69.8 Å². The maximum Gasteiger partial charge on any atom is 0.265 e. The summed E-state index contributed by atoms with van der Waals surface area (Å²) in [6, 6.07) is 8.78. The molecule has 2 aliphatic heterocycles. The molecule has 0 spiro atoms. The molecule has 2 fully saturated rings. The van der Waals surface area contributed by atoms with E-state index in [2.05, 4.69) is 16.0 Å². The predicted octanol–water partition coefficient (Wildman–Crippen LogP) is 5.40. The summed E-state index contributed by atoms with van der Waals surface area (Å²) in [5.74, 6) is -4.23. The van der Waals surface area contributed by atoms with Crippen molar-refractivity contribution in [1.82, 2.24) is 30.1 Å². The van der Waals surface area contributed by atoms with Gasteiger partial charge in [-0.15, -0.1) is 0 Å². The third-order valence-electron chi connectivity index (χ3n) is 9.71. The lowest BCUT2D eigenvalue weighted by molar-refractivity contribution is -0.123. The number of hydrogen-bond donors (Lipinski definition) is 3. The van der Waals surface area contributed by atoms with Crippen LogP contribution >= 0.6 is 0 Å². The van der Waals surface area contributed by atoms with E-state index in [1.165, 1.54) is 12.1 Å². The van der Waals surface area contributed by atoms with Crippen LogP contribution in [0.2, 0.25) is 0 Å². The van der Waals surface area contributed by atoms with Gasteiger partial charge in [-0.05, 0) is 68.8 Å². The average Bonchev–Trinajstić information content (AvgIpc) is 3.60. The largest absolute Gasteiger partial charge is 0.349 e. The lowest BCUT2D eigenvalue weighted by atomic mass is 10.0. The monoisotopic (exact) mass is 624 g/mol. The summed E-state index contributed by atoms with van der Waals surface area (Å²) < 4.78 is 64.0. The van der Waals surface area contributed by atoms with Gasteiger partial charge in [0.2, 0.25) is 5.91 Å². The number of benzene rings is 2. The molecule has 0 unspecified atom stereocenters. The first-order chi connectivity index (χ1) is 21.5. The van der Waals surface area contributed by atoms with Gasteiger partial charge in [0.15, 0.2) is 5.82 Å². The molecule has 2 aromatic heterocycles. The highest BCUT2D eigenvalue weighted by Crippen LogP contribution is 2.44. The minimum Gasteiger partial charge on any atom is -0.349 e. The molecule has 1 saturated heterocycles. The molecular formula is C33H36F4N6O2. The van der Waals surface area contributed by atoms with Crippen LogP contribution in [0.15, 0.2) is 36.4 Å². The van der Waals surface area contributed by atoms with Crippen molar-refractivity contribution in [3.63, 3.8) is 0 Å². The number of amides is 2. The van der Waals surface area contributed by atoms with Crippen LogP contribution in [0, 0.1) is 17.7 Å². The molecule has 3 N–H and O–H groups in total. The Morgan fingerprint density at radius 2 is 1.96 bits per heavy atom. The zero-order valence-electron chi connectivity index (χ0n) is 25.2. The Balaban J connectivity index is 1.29.